The molecule has 2 aromatic rings. The van der Waals surface area contributed by atoms with Crippen LogP contribution in [0.5, 0.6) is 0 Å². The van der Waals surface area contributed by atoms with Crippen LogP contribution in [0.25, 0.3) is 6.08 Å². The number of hydrogen-bond donors (Lipinski definition) is 1. The minimum Gasteiger partial charge on any atom is -0.353 e. The van der Waals surface area contributed by atoms with Gasteiger partial charge in [-0.15, -0.1) is 0 Å². The monoisotopic (exact) mass is 383 g/mol. The zero-order valence-corrected chi connectivity index (χ0v) is 16.1. The number of amides is 1. The number of aryl methyl sites for hydroxylation is 1. The van der Waals surface area contributed by atoms with E-state index in [4.69, 9.17) is 0 Å². The number of aromatic nitrogens is 1. The first-order valence-electron chi connectivity index (χ1n) is 9.27. The molecule has 0 aliphatic carbocycles. The molecule has 1 heterocycles. The summed E-state index contributed by atoms with van der Waals surface area (Å²) in [6.45, 7) is 5.11. The Morgan fingerprint density at radius 3 is 2.54 bits per heavy atom. The third kappa shape index (κ3) is 6.50. The van der Waals surface area contributed by atoms with Gasteiger partial charge in [0.1, 0.15) is 0 Å². The Balaban J connectivity index is 1.73. The van der Waals surface area contributed by atoms with Gasteiger partial charge in [0.15, 0.2) is 0 Å². The molecule has 1 aromatic heterocycles. The van der Waals surface area contributed by atoms with Crippen LogP contribution in [0, 0.1) is 10.1 Å². The van der Waals surface area contributed by atoms with E-state index in [0.717, 1.165) is 5.56 Å². The maximum absolute atomic E-state index is 11.9. The van der Waals surface area contributed by atoms with Crippen LogP contribution in [0.3, 0.4) is 0 Å². The van der Waals surface area contributed by atoms with Crippen LogP contribution in [0.15, 0.2) is 53.5 Å². The van der Waals surface area contributed by atoms with Crippen molar-refractivity contribution in [3.63, 3.8) is 0 Å². The molecule has 0 aliphatic rings. The quantitative estimate of drug-likeness (QED) is 0.310. The van der Waals surface area contributed by atoms with E-state index in [9.17, 15) is 19.7 Å². The molecule has 0 fully saturated rings. The molecule has 28 heavy (non-hydrogen) atoms. The Bertz CT molecular complexity index is 899. The molecule has 0 saturated heterocycles. The van der Waals surface area contributed by atoms with Crippen LogP contribution < -0.4 is 10.9 Å². The van der Waals surface area contributed by atoms with Crippen LogP contribution >= 0.6 is 0 Å². The number of pyridine rings is 1. The van der Waals surface area contributed by atoms with Crippen LogP contribution in [0.1, 0.15) is 43.7 Å². The predicted molar refractivity (Wildman–Crippen MR) is 109 cm³/mol. The fourth-order valence-electron chi connectivity index (χ4n) is 2.64. The summed E-state index contributed by atoms with van der Waals surface area (Å²) < 4.78 is 1.32. The second-order valence-electron chi connectivity index (χ2n) is 6.83. The molecule has 1 aromatic carbocycles. The Kier molecular flexibility index (Phi) is 7.68. The highest BCUT2D eigenvalue weighted by atomic mass is 16.6. The Morgan fingerprint density at radius 1 is 1.18 bits per heavy atom. The van der Waals surface area contributed by atoms with Gasteiger partial charge >= 0.3 is 0 Å². The molecular weight excluding hydrogens is 358 g/mol. The van der Waals surface area contributed by atoms with E-state index >= 15 is 0 Å². The van der Waals surface area contributed by atoms with Gasteiger partial charge in [0.25, 0.3) is 11.2 Å². The molecule has 1 amide bonds. The molecule has 2 rings (SSSR count). The predicted octanol–water partition coefficient (Wildman–Crippen LogP) is 3.49. The lowest BCUT2D eigenvalue weighted by molar-refractivity contribution is -0.385. The van der Waals surface area contributed by atoms with Gasteiger partial charge in [-0.05, 0) is 36.0 Å². The fraction of sp³-hybridized carbons (Fsp3) is 0.333. The molecule has 0 spiro atoms. The third-order valence-electron chi connectivity index (χ3n) is 4.33. The van der Waals surface area contributed by atoms with Crippen molar-refractivity contribution in [1.82, 2.24) is 9.88 Å². The van der Waals surface area contributed by atoms with Crippen molar-refractivity contribution in [3.8, 4) is 0 Å². The van der Waals surface area contributed by atoms with Crippen LogP contribution in [0.2, 0.25) is 0 Å². The molecular formula is C21H25N3O4. The van der Waals surface area contributed by atoms with Crippen molar-refractivity contribution in [2.24, 2.45) is 0 Å². The molecule has 1 N–H and O–H groups in total. The average Bonchev–Trinajstić information content (AvgIpc) is 2.67. The average molecular weight is 383 g/mol. The van der Waals surface area contributed by atoms with E-state index < -0.39 is 4.92 Å². The number of hydrogen-bond acceptors (Lipinski definition) is 4. The largest absolute Gasteiger partial charge is 0.353 e. The number of carbonyl (C=O) groups excluding carboxylic acids is 1. The highest BCUT2D eigenvalue weighted by Crippen LogP contribution is 2.15. The van der Waals surface area contributed by atoms with E-state index in [1.165, 1.54) is 34.5 Å². The Morgan fingerprint density at radius 2 is 1.89 bits per heavy atom. The second kappa shape index (κ2) is 10.2. The number of carbonyl (C=O) groups is 1. The number of nitrogens with one attached hydrogen (secondary N) is 1. The van der Waals surface area contributed by atoms with E-state index in [1.54, 1.807) is 6.08 Å². The number of rotatable bonds is 9. The van der Waals surface area contributed by atoms with E-state index in [2.05, 4.69) is 31.3 Å². The first kappa shape index (κ1) is 21.1. The lowest BCUT2D eigenvalue weighted by Gasteiger charge is -2.06. The molecule has 148 valence electrons. The summed E-state index contributed by atoms with van der Waals surface area (Å²) in [4.78, 5) is 33.8. The first-order chi connectivity index (χ1) is 13.4. The Labute approximate surface area is 163 Å². The SMILES string of the molecule is CC(C)c1ccc(/C=C/C(=O)NCCCCn2cc([N+](=O)[O-])ccc2=O)cc1. The van der Waals surface area contributed by atoms with Crippen molar-refractivity contribution in [2.45, 2.75) is 39.2 Å². The highest BCUT2D eigenvalue weighted by molar-refractivity contribution is 5.91. The molecule has 0 aliphatic heterocycles. The van der Waals surface area contributed by atoms with Crippen LogP contribution in [-0.2, 0) is 11.3 Å². The third-order valence-corrected chi connectivity index (χ3v) is 4.33. The van der Waals surface area contributed by atoms with Crippen LogP contribution in [0.4, 0.5) is 5.69 Å². The summed E-state index contributed by atoms with van der Waals surface area (Å²) in [5, 5.41) is 13.6. The van der Waals surface area contributed by atoms with Crippen molar-refractivity contribution >= 4 is 17.7 Å². The van der Waals surface area contributed by atoms with Crippen LogP contribution in [-0.4, -0.2) is 21.9 Å². The topological polar surface area (TPSA) is 94.2 Å². The van der Waals surface area contributed by atoms with Gasteiger partial charge in [-0.1, -0.05) is 38.1 Å². The molecule has 0 atom stereocenters. The zero-order chi connectivity index (χ0) is 20.5. The van der Waals surface area contributed by atoms with E-state index in [0.29, 0.717) is 31.8 Å². The summed E-state index contributed by atoms with van der Waals surface area (Å²) >= 11 is 0. The maximum atomic E-state index is 11.9. The van der Waals surface area contributed by atoms with Gasteiger partial charge in [0, 0.05) is 31.3 Å². The lowest BCUT2D eigenvalue weighted by Crippen LogP contribution is -2.23. The van der Waals surface area contributed by atoms with E-state index in [-0.39, 0.29) is 17.2 Å². The first-order valence-corrected chi connectivity index (χ1v) is 9.27. The van der Waals surface area contributed by atoms with Crippen molar-refractivity contribution in [3.05, 3.63) is 80.3 Å². The standard InChI is InChI=1S/C21H25N3O4/c1-16(2)18-8-5-17(6-9-18)7-11-20(25)22-13-3-4-14-23-15-19(24(27)28)10-12-21(23)26/h5-12,15-16H,3-4,13-14H2,1-2H3,(H,22,25)/b11-7+. The van der Waals surface area contributed by atoms with Gasteiger partial charge in [0.05, 0.1) is 11.1 Å². The van der Waals surface area contributed by atoms with Crippen molar-refractivity contribution in [2.75, 3.05) is 6.54 Å². The molecule has 7 heteroatoms. The van der Waals surface area contributed by atoms with Crippen molar-refractivity contribution in [1.29, 1.82) is 0 Å². The minimum atomic E-state index is -0.529. The Hall–Kier alpha value is -3.22. The summed E-state index contributed by atoms with van der Waals surface area (Å²) in [5.74, 6) is 0.291. The van der Waals surface area contributed by atoms with Gasteiger partial charge < -0.3 is 9.88 Å². The normalized spacial score (nSPS) is 11.1. The fourth-order valence-corrected chi connectivity index (χ4v) is 2.64. The summed E-state index contributed by atoms with van der Waals surface area (Å²) in [7, 11) is 0. The molecule has 0 saturated carbocycles. The zero-order valence-electron chi connectivity index (χ0n) is 16.1. The number of unbranched alkanes of at least 4 members (excludes halogenated alkanes) is 1. The second-order valence-corrected chi connectivity index (χ2v) is 6.83. The molecule has 0 bridgehead atoms. The van der Waals surface area contributed by atoms with Crippen molar-refractivity contribution < 1.29 is 9.72 Å². The van der Waals surface area contributed by atoms with Gasteiger partial charge in [0.2, 0.25) is 5.91 Å². The smallest absolute Gasteiger partial charge is 0.285 e. The number of benzene rings is 1. The van der Waals surface area contributed by atoms with Gasteiger partial charge in [-0.2, -0.15) is 0 Å². The molecule has 7 nitrogen and oxygen atoms in total. The lowest BCUT2D eigenvalue weighted by atomic mass is 10.0. The highest BCUT2D eigenvalue weighted by Gasteiger charge is 2.07. The molecule has 0 unspecified atom stereocenters. The minimum absolute atomic E-state index is 0.112. The summed E-state index contributed by atoms with van der Waals surface area (Å²) in [6, 6.07) is 10.5. The van der Waals surface area contributed by atoms with Gasteiger partial charge in [-0.3, -0.25) is 19.7 Å². The number of nitro groups is 1. The van der Waals surface area contributed by atoms with E-state index in [1.807, 2.05) is 12.1 Å². The summed E-state index contributed by atoms with van der Waals surface area (Å²) in [5.41, 5.74) is 1.83. The maximum Gasteiger partial charge on any atom is 0.285 e. The molecule has 0 radical (unpaired) electrons. The summed E-state index contributed by atoms with van der Waals surface area (Å²) in [6.07, 6.45) is 5.80. The number of nitrogens with zero attached hydrogens (tertiary/aromatic N) is 2. The van der Waals surface area contributed by atoms with Gasteiger partial charge in [-0.25, -0.2) is 0 Å².